The summed E-state index contributed by atoms with van der Waals surface area (Å²) in [4.78, 5) is 29.0. The molecule has 3 aromatic rings. The molecule has 1 aromatic heterocycles. The molecule has 0 bridgehead atoms. The molecule has 0 saturated carbocycles. The predicted molar refractivity (Wildman–Crippen MR) is 157 cm³/mol. The minimum absolute atomic E-state index is 0.0678. The van der Waals surface area contributed by atoms with Crippen molar-refractivity contribution in [1.29, 1.82) is 0 Å². The van der Waals surface area contributed by atoms with Gasteiger partial charge >= 0.3 is 6.09 Å². The van der Waals surface area contributed by atoms with Gasteiger partial charge in [-0.15, -0.1) is 0 Å². The van der Waals surface area contributed by atoms with Crippen molar-refractivity contribution in [3.8, 4) is 0 Å². The standard InChI is InChI=1S/C31H35Cl2N3O3/c1-21-2-5-29-25(18-21)26(20-36(29)31(38)39)23-9-15-35(16-10-23)14-8-22-6-12-34(13-7-22)17-11-30(37)24-3-4-27(32)28(33)19-24/h2-5,11,17-20,22-23H,6-10,12-16H2,1H3,(H,38,39)/b17-11+. The molecule has 8 heteroatoms. The number of piperidine rings is 2. The summed E-state index contributed by atoms with van der Waals surface area (Å²) in [5.41, 5.74) is 3.66. The van der Waals surface area contributed by atoms with Gasteiger partial charge in [-0.2, -0.15) is 0 Å². The first-order valence-electron chi connectivity index (χ1n) is 13.8. The van der Waals surface area contributed by atoms with Gasteiger partial charge in [-0.1, -0.05) is 34.8 Å². The second-order valence-corrected chi connectivity index (χ2v) is 11.8. The van der Waals surface area contributed by atoms with Crippen LogP contribution in [0.15, 0.2) is 54.9 Å². The van der Waals surface area contributed by atoms with E-state index < -0.39 is 6.09 Å². The SMILES string of the molecule is Cc1ccc2c(c1)c(C1CCN(CCC3CCN(/C=C/C(=O)c4ccc(Cl)c(Cl)c4)CC3)CC1)cn2C(=O)O. The van der Waals surface area contributed by atoms with Crippen LogP contribution in [-0.2, 0) is 0 Å². The molecule has 0 atom stereocenters. The molecule has 3 heterocycles. The molecule has 2 aromatic carbocycles. The molecular weight excluding hydrogens is 533 g/mol. The summed E-state index contributed by atoms with van der Waals surface area (Å²) in [5, 5.41) is 11.6. The number of fused-ring (bicyclic) bond motifs is 1. The number of hydrogen-bond donors (Lipinski definition) is 1. The van der Waals surface area contributed by atoms with Gasteiger partial charge in [0, 0.05) is 42.5 Å². The second kappa shape index (κ2) is 12.2. The minimum Gasteiger partial charge on any atom is -0.464 e. The third-order valence-corrected chi connectivity index (χ3v) is 9.11. The molecule has 0 amide bonds. The van der Waals surface area contributed by atoms with Crippen molar-refractivity contribution in [2.24, 2.45) is 5.92 Å². The van der Waals surface area contributed by atoms with Crippen molar-refractivity contribution in [2.75, 3.05) is 32.7 Å². The van der Waals surface area contributed by atoms with Crippen molar-refractivity contribution >= 4 is 46.0 Å². The summed E-state index contributed by atoms with van der Waals surface area (Å²) >= 11 is 12.0. The number of ketones is 1. The summed E-state index contributed by atoms with van der Waals surface area (Å²) in [6.45, 7) is 7.19. The summed E-state index contributed by atoms with van der Waals surface area (Å²) in [5.74, 6) is 1.03. The molecule has 0 spiro atoms. The zero-order chi connectivity index (χ0) is 27.5. The highest BCUT2D eigenvalue weighted by Gasteiger charge is 2.26. The molecule has 39 heavy (non-hydrogen) atoms. The van der Waals surface area contributed by atoms with E-state index in [1.165, 1.54) is 16.6 Å². The van der Waals surface area contributed by atoms with Crippen LogP contribution in [-0.4, -0.2) is 64.1 Å². The molecule has 2 fully saturated rings. The highest BCUT2D eigenvalue weighted by atomic mass is 35.5. The fourth-order valence-corrected chi connectivity index (χ4v) is 6.29. The van der Waals surface area contributed by atoms with Gasteiger partial charge in [0.2, 0.25) is 0 Å². The average molecular weight is 569 g/mol. The highest BCUT2D eigenvalue weighted by Crippen LogP contribution is 2.35. The van der Waals surface area contributed by atoms with Gasteiger partial charge in [-0.3, -0.25) is 9.36 Å². The van der Waals surface area contributed by atoms with Crippen LogP contribution in [0, 0.1) is 12.8 Å². The Morgan fingerprint density at radius 3 is 2.41 bits per heavy atom. The van der Waals surface area contributed by atoms with Crippen molar-refractivity contribution in [2.45, 2.75) is 44.9 Å². The zero-order valence-electron chi connectivity index (χ0n) is 22.3. The number of nitrogens with zero attached hydrogens (tertiary/aromatic N) is 3. The van der Waals surface area contributed by atoms with Gasteiger partial charge in [0.15, 0.2) is 5.78 Å². The Balaban J connectivity index is 1.07. The van der Waals surface area contributed by atoms with Gasteiger partial charge in [-0.25, -0.2) is 4.79 Å². The number of halogens is 2. The van der Waals surface area contributed by atoms with Gasteiger partial charge in [0.05, 0.1) is 15.6 Å². The monoisotopic (exact) mass is 567 g/mol. The fraction of sp³-hybridized carbons (Fsp3) is 0.419. The van der Waals surface area contributed by atoms with Gasteiger partial charge < -0.3 is 14.9 Å². The van der Waals surface area contributed by atoms with E-state index in [1.807, 2.05) is 24.5 Å². The molecule has 2 aliphatic rings. The van der Waals surface area contributed by atoms with E-state index in [-0.39, 0.29) is 5.78 Å². The second-order valence-electron chi connectivity index (χ2n) is 11.0. The summed E-state index contributed by atoms with van der Waals surface area (Å²) < 4.78 is 1.38. The Bertz CT molecular complexity index is 1380. The molecule has 5 rings (SSSR count). The van der Waals surface area contributed by atoms with Crippen LogP contribution in [0.5, 0.6) is 0 Å². The van der Waals surface area contributed by atoms with E-state index in [2.05, 4.69) is 22.8 Å². The first-order chi connectivity index (χ1) is 18.8. The summed E-state index contributed by atoms with van der Waals surface area (Å²) in [6.07, 6.45) is 10.0. The normalized spacial score (nSPS) is 17.9. The van der Waals surface area contributed by atoms with Crippen LogP contribution < -0.4 is 0 Å². The first kappa shape index (κ1) is 27.8. The molecule has 2 aliphatic heterocycles. The third-order valence-electron chi connectivity index (χ3n) is 8.37. The number of allylic oxidation sites excluding steroid dienone is 1. The van der Waals surface area contributed by atoms with Crippen LogP contribution in [0.4, 0.5) is 4.79 Å². The van der Waals surface area contributed by atoms with Crippen LogP contribution >= 0.6 is 23.2 Å². The van der Waals surface area contributed by atoms with Crippen molar-refractivity contribution in [3.05, 3.63) is 81.6 Å². The Morgan fingerprint density at radius 2 is 1.72 bits per heavy atom. The van der Waals surface area contributed by atoms with Crippen molar-refractivity contribution in [1.82, 2.24) is 14.4 Å². The lowest BCUT2D eigenvalue weighted by Gasteiger charge is -2.35. The lowest BCUT2D eigenvalue weighted by Crippen LogP contribution is -2.36. The Labute approximate surface area is 239 Å². The van der Waals surface area contributed by atoms with Crippen LogP contribution in [0.3, 0.4) is 0 Å². The largest absolute Gasteiger partial charge is 0.464 e. The number of likely N-dealkylation sites (tertiary alicyclic amines) is 2. The van der Waals surface area contributed by atoms with Crippen molar-refractivity contribution < 1.29 is 14.7 Å². The number of benzene rings is 2. The molecule has 1 N–H and O–H groups in total. The maximum atomic E-state index is 12.5. The lowest BCUT2D eigenvalue weighted by atomic mass is 9.88. The molecule has 2 saturated heterocycles. The van der Waals surface area contributed by atoms with E-state index in [0.29, 0.717) is 27.4 Å². The van der Waals surface area contributed by atoms with Crippen LogP contribution in [0.2, 0.25) is 10.0 Å². The van der Waals surface area contributed by atoms with E-state index in [9.17, 15) is 14.7 Å². The number of carbonyl (C=O) groups is 2. The molecular formula is C31H35Cl2N3O3. The quantitative estimate of drug-likeness (QED) is 0.237. The average Bonchev–Trinajstić information content (AvgIpc) is 3.32. The number of carboxylic acid groups (broad SMARTS) is 1. The fourth-order valence-electron chi connectivity index (χ4n) is 6.00. The van der Waals surface area contributed by atoms with Gasteiger partial charge in [-0.05, 0) is 106 Å². The van der Waals surface area contributed by atoms with Gasteiger partial charge in [0.25, 0.3) is 0 Å². The predicted octanol–water partition coefficient (Wildman–Crippen LogP) is 7.46. The van der Waals surface area contributed by atoms with E-state index in [1.54, 1.807) is 24.3 Å². The van der Waals surface area contributed by atoms with Crippen LogP contribution in [0.25, 0.3) is 10.9 Å². The number of aromatic nitrogens is 1. The third kappa shape index (κ3) is 6.51. The molecule has 0 unspecified atom stereocenters. The van der Waals surface area contributed by atoms with E-state index >= 15 is 0 Å². The number of rotatable bonds is 7. The molecule has 0 radical (unpaired) electrons. The Hall–Kier alpha value is -2.80. The molecule has 206 valence electrons. The molecule has 6 nitrogen and oxygen atoms in total. The van der Waals surface area contributed by atoms with E-state index in [0.717, 1.165) is 74.9 Å². The zero-order valence-corrected chi connectivity index (χ0v) is 23.8. The number of hydrogen-bond acceptors (Lipinski definition) is 4. The first-order valence-corrected chi connectivity index (χ1v) is 14.5. The smallest absolute Gasteiger partial charge is 0.416 e. The van der Waals surface area contributed by atoms with E-state index in [4.69, 9.17) is 23.2 Å². The number of aryl methyl sites for hydroxylation is 1. The Morgan fingerprint density at radius 1 is 0.974 bits per heavy atom. The van der Waals surface area contributed by atoms with Crippen LogP contribution in [0.1, 0.15) is 59.5 Å². The van der Waals surface area contributed by atoms with Gasteiger partial charge in [0.1, 0.15) is 0 Å². The minimum atomic E-state index is -0.924. The highest BCUT2D eigenvalue weighted by molar-refractivity contribution is 6.42. The summed E-state index contributed by atoms with van der Waals surface area (Å²) in [6, 6.07) is 11.0. The summed E-state index contributed by atoms with van der Waals surface area (Å²) in [7, 11) is 0. The maximum Gasteiger partial charge on any atom is 0.416 e. The molecule has 0 aliphatic carbocycles. The Kier molecular flexibility index (Phi) is 8.65. The lowest BCUT2D eigenvalue weighted by molar-refractivity contribution is 0.104. The topological polar surface area (TPSA) is 65.8 Å². The van der Waals surface area contributed by atoms with Crippen molar-refractivity contribution in [3.63, 3.8) is 0 Å². The number of carbonyl (C=O) groups excluding carboxylic acids is 1. The maximum absolute atomic E-state index is 12.5.